The van der Waals surface area contributed by atoms with Crippen LogP contribution >= 0.6 is 11.8 Å². The average molecular weight is 250 g/mol. The number of nitrogens with one attached hydrogen (secondary N) is 2. The van der Waals surface area contributed by atoms with Gasteiger partial charge in [-0.3, -0.25) is 4.79 Å². The molecule has 0 bridgehead atoms. The summed E-state index contributed by atoms with van der Waals surface area (Å²) in [5.41, 5.74) is 0.630. The Labute approximate surface area is 106 Å². The molecule has 0 spiro atoms. The van der Waals surface area contributed by atoms with Gasteiger partial charge >= 0.3 is 0 Å². The van der Waals surface area contributed by atoms with Gasteiger partial charge in [0.2, 0.25) is 0 Å². The fourth-order valence-electron chi connectivity index (χ4n) is 2.01. The third kappa shape index (κ3) is 3.01. The Morgan fingerprint density at radius 1 is 1.41 bits per heavy atom. The molecule has 0 aliphatic carbocycles. The van der Waals surface area contributed by atoms with E-state index >= 15 is 0 Å². The highest BCUT2D eigenvalue weighted by Crippen LogP contribution is 2.17. The van der Waals surface area contributed by atoms with Gasteiger partial charge in [-0.2, -0.15) is 0 Å². The maximum Gasteiger partial charge on any atom is 0.251 e. The van der Waals surface area contributed by atoms with Crippen LogP contribution in [0.4, 0.5) is 0 Å². The fourth-order valence-corrected chi connectivity index (χ4v) is 2.42. The van der Waals surface area contributed by atoms with E-state index in [0.717, 1.165) is 25.1 Å². The molecule has 0 radical (unpaired) electrons. The lowest BCUT2D eigenvalue weighted by Gasteiger charge is -2.24. The van der Waals surface area contributed by atoms with Crippen molar-refractivity contribution in [3.63, 3.8) is 0 Å². The zero-order valence-corrected chi connectivity index (χ0v) is 11.1. The number of rotatable bonds is 3. The third-order valence-electron chi connectivity index (χ3n) is 3.14. The van der Waals surface area contributed by atoms with Crippen molar-refractivity contribution >= 4 is 17.7 Å². The molecule has 1 aliphatic heterocycles. The number of hydrogen-bond acceptors (Lipinski definition) is 3. The summed E-state index contributed by atoms with van der Waals surface area (Å²) in [4.78, 5) is 13.2. The van der Waals surface area contributed by atoms with Gasteiger partial charge in [-0.15, -0.1) is 11.8 Å². The highest BCUT2D eigenvalue weighted by molar-refractivity contribution is 7.98. The van der Waals surface area contributed by atoms with E-state index in [1.165, 1.54) is 4.90 Å². The molecule has 2 N–H and O–H groups in total. The molecule has 1 aromatic rings. The minimum atomic E-state index is -0.102. The Hall–Kier alpha value is -1.00. The van der Waals surface area contributed by atoms with Crippen molar-refractivity contribution in [2.24, 2.45) is 0 Å². The molecule has 1 aromatic carbocycles. The maximum absolute atomic E-state index is 12.1. The summed E-state index contributed by atoms with van der Waals surface area (Å²) in [6.07, 6.45) is 3.02. The van der Waals surface area contributed by atoms with Gasteiger partial charge < -0.3 is 10.6 Å². The molecule has 1 aliphatic rings. The third-order valence-corrected chi connectivity index (χ3v) is 3.88. The molecule has 3 nitrogen and oxygen atoms in total. The maximum atomic E-state index is 12.1. The Morgan fingerprint density at radius 2 is 2.12 bits per heavy atom. The summed E-state index contributed by atoms with van der Waals surface area (Å²) < 4.78 is 0. The van der Waals surface area contributed by atoms with Crippen molar-refractivity contribution < 1.29 is 4.79 Å². The Balaban J connectivity index is 2.03. The van der Waals surface area contributed by atoms with Crippen molar-refractivity contribution in [2.75, 3.05) is 19.3 Å². The zero-order valence-electron chi connectivity index (χ0n) is 10.2. The molecule has 1 unspecified atom stereocenters. The van der Waals surface area contributed by atoms with Crippen molar-refractivity contribution in [1.29, 1.82) is 0 Å². The summed E-state index contributed by atoms with van der Waals surface area (Å²) in [5, 5.41) is 6.37. The predicted molar refractivity (Wildman–Crippen MR) is 71.6 cm³/mol. The van der Waals surface area contributed by atoms with E-state index in [4.69, 9.17) is 0 Å². The number of thioether (sulfide) groups is 1. The van der Waals surface area contributed by atoms with E-state index in [9.17, 15) is 4.79 Å². The lowest BCUT2D eigenvalue weighted by molar-refractivity contribution is 0.0913. The van der Waals surface area contributed by atoms with Crippen LogP contribution < -0.4 is 10.6 Å². The van der Waals surface area contributed by atoms with Crippen LogP contribution in [0.3, 0.4) is 0 Å². The first-order valence-electron chi connectivity index (χ1n) is 5.80. The van der Waals surface area contributed by atoms with Crippen LogP contribution in [0.2, 0.25) is 0 Å². The molecule has 1 atom stereocenters. The molecule has 0 saturated carbocycles. The monoisotopic (exact) mass is 250 g/mol. The van der Waals surface area contributed by atoms with Crippen LogP contribution in [-0.2, 0) is 0 Å². The summed E-state index contributed by atoms with van der Waals surface area (Å²) in [7, 11) is 0. The van der Waals surface area contributed by atoms with Crippen LogP contribution in [0.1, 0.15) is 23.7 Å². The van der Waals surface area contributed by atoms with Gasteiger partial charge in [-0.25, -0.2) is 0 Å². The number of carbonyl (C=O) groups is 1. The van der Waals surface area contributed by atoms with Crippen molar-refractivity contribution in [3.8, 4) is 0 Å². The summed E-state index contributed by atoms with van der Waals surface area (Å²) in [6, 6.07) is 7.73. The van der Waals surface area contributed by atoms with E-state index in [0.29, 0.717) is 0 Å². The first-order chi connectivity index (χ1) is 8.13. The molecular weight excluding hydrogens is 232 g/mol. The van der Waals surface area contributed by atoms with Crippen LogP contribution in [-0.4, -0.2) is 30.8 Å². The molecule has 17 heavy (non-hydrogen) atoms. The zero-order chi connectivity index (χ0) is 12.3. The first-order valence-corrected chi connectivity index (χ1v) is 7.03. The second kappa shape index (κ2) is 5.10. The van der Waals surface area contributed by atoms with E-state index in [1.807, 2.05) is 30.5 Å². The lowest BCUT2D eigenvalue weighted by atomic mass is 10.0. The van der Waals surface area contributed by atoms with Gasteiger partial charge in [0.05, 0.1) is 5.54 Å². The predicted octanol–water partition coefficient (Wildman–Crippen LogP) is 1.89. The normalized spacial score (nSPS) is 23.6. The quantitative estimate of drug-likeness (QED) is 0.805. The van der Waals surface area contributed by atoms with Gasteiger partial charge in [-0.1, -0.05) is 0 Å². The minimum absolute atomic E-state index is 0.0175. The molecule has 1 heterocycles. The molecule has 1 amide bonds. The smallest absolute Gasteiger partial charge is 0.251 e. The SMILES string of the molecule is CSc1ccc(C(=O)NC2(C)CCNC2)cc1. The van der Waals surface area contributed by atoms with Gasteiger partial charge in [0.25, 0.3) is 5.91 Å². The van der Waals surface area contributed by atoms with Crippen LogP contribution in [0.15, 0.2) is 29.2 Å². The number of hydrogen-bond donors (Lipinski definition) is 2. The standard InChI is InChI=1S/C13H18N2OS/c1-13(7-8-14-9-13)15-12(16)10-3-5-11(17-2)6-4-10/h3-6,14H,7-9H2,1-2H3,(H,15,16). The van der Waals surface area contributed by atoms with Crippen molar-refractivity contribution in [1.82, 2.24) is 10.6 Å². The summed E-state index contributed by atoms with van der Waals surface area (Å²) in [5.74, 6) is 0.0175. The van der Waals surface area contributed by atoms with E-state index in [2.05, 4.69) is 17.6 Å². The Morgan fingerprint density at radius 3 is 2.65 bits per heavy atom. The molecule has 0 aromatic heterocycles. The van der Waals surface area contributed by atoms with Crippen molar-refractivity contribution in [2.45, 2.75) is 23.8 Å². The first kappa shape index (κ1) is 12.5. The lowest BCUT2D eigenvalue weighted by Crippen LogP contribution is -2.47. The second-order valence-electron chi connectivity index (χ2n) is 4.67. The van der Waals surface area contributed by atoms with Gasteiger partial charge in [0, 0.05) is 17.0 Å². The highest BCUT2D eigenvalue weighted by Gasteiger charge is 2.30. The number of benzene rings is 1. The number of amides is 1. The van der Waals surface area contributed by atoms with Gasteiger partial charge in [0.15, 0.2) is 0 Å². The van der Waals surface area contributed by atoms with Crippen LogP contribution in [0.5, 0.6) is 0 Å². The average Bonchev–Trinajstić information content (AvgIpc) is 2.76. The molecule has 4 heteroatoms. The molecule has 1 fully saturated rings. The molecule has 1 saturated heterocycles. The van der Waals surface area contributed by atoms with E-state index in [-0.39, 0.29) is 11.4 Å². The minimum Gasteiger partial charge on any atom is -0.346 e. The van der Waals surface area contributed by atoms with Gasteiger partial charge in [0.1, 0.15) is 0 Å². The largest absolute Gasteiger partial charge is 0.346 e. The Kier molecular flexibility index (Phi) is 3.74. The number of carbonyl (C=O) groups excluding carboxylic acids is 1. The Bertz CT molecular complexity index is 396. The van der Waals surface area contributed by atoms with Crippen LogP contribution in [0.25, 0.3) is 0 Å². The molecular formula is C13H18N2OS. The second-order valence-corrected chi connectivity index (χ2v) is 5.55. The van der Waals surface area contributed by atoms with Crippen LogP contribution in [0, 0.1) is 0 Å². The van der Waals surface area contributed by atoms with Gasteiger partial charge in [-0.05, 0) is 50.4 Å². The summed E-state index contributed by atoms with van der Waals surface area (Å²) >= 11 is 1.68. The molecule has 92 valence electrons. The van der Waals surface area contributed by atoms with Crippen molar-refractivity contribution in [3.05, 3.63) is 29.8 Å². The fraction of sp³-hybridized carbons (Fsp3) is 0.462. The highest BCUT2D eigenvalue weighted by atomic mass is 32.2. The molecule has 2 rings (SSSR count). The van der Waals surface area contributed by atoms with E-state index in [1.54, 1.807) is 11.8 Å². The topological polar surface area (TPSA) is 41.1 Å². The summed E-state index contributed by atoms with van der Waals surface area (Å²) in [6.45, 7) is 3.91. The van der Waals surface area contributed by atoms with E-state index < -0.39 is 0 Å².